The second-order valence-corrected chi connectivity index (χ2v) is 19.6. The molecule has 0 fully saturated rings. The first-order chi connectivity index (χ1) is 40.2. The third kappa shape index (κ3) is 23.3. The molecular weight excluding hydrogens is 1040 g/mol. The Kier molecular flexibility index (Phi) is 28.1. The maximum absolute atomic E-state index is 13.5. The molecule has 0 aliphatic heterocycles. The Morgan fingerprint density at radius 2 is 0.841 bits per heavy atom. The summed E-state index contributed by atoms with van der Waals surface area (Å²) in [6, 6.07) is 37.6. The van der Waals surface area contributed by atoms with Crippen LogP contribution in [0.2, 0.25) is 0 Å². The SMILES string of the molecule is C=COCCCCCCOc1ccc(C(=O)Oc2ccc(OC(=O)c3ccc(OCCCCCCOc4ccc(C#Cc5ccc6cc(OCCCCCCC)ccc6c5)cc4)cc3)c(C(=O)OCCCCCCOC(=O)C=C)c2)cc1. The van der Waals surface area contributed by atoms with E-state index in [9.17, 15) is 19.2 Å². The molecule has 0 heterocycles. The highest BCUT2D eigenvalue weighted by atomic mass is 16.6. The first-order valence-corrected chi connectivity index (χ1v) is 28.9. The average Bonchev–Trinajstić information content (AvgIpc) is 3.52. The van der Waals surface area contributed by atoms with Gasteiger partial charge in [0.05, 0.1) is 63.6 Å². The van der Waals surface area contributed by atoms with Crippen molar-refractivity contribution in [1.82, 2.24) is 0 Å². The van der Waals surface area contributed by atoms with E-state index in [0.29, 0.717) is 57.2 Å². The van der Waals surface area contributed by atoms with E-state index < -0.39 is 23.9 Å². The molecule has 13 heteroatoms. The van der Waals surface area contributed by atoms with Gasteiger partial charge in [-0.2, -0.15) is 0 Å². The van der Waals surface area contributed by atoms with Crippen LogP contribution in [0.15, 0.2) is 153 Å². The van der Waals surface area contributed by atoms with Crippen molar-refractivity contribution in [2.75, 3.05) is 46.2 Å². The van der Waals surface area contributed by atoms with Crippen molar-refractivity contribution in [2.45, 2.75) is 116 Å². The van der Waals surface area contributed by atoms with Crippen LogP contribution in [0.3, 0.4) is 0 Å². The standard InChI is InChI=1S/C69H78O13/c1-4-7-8-9-17-47-78-62-40-33-57-50-54(25-28-58(57)51-62)24-23-53-26-34-59(35-27-53)75-44-19-12-13-20-46-77-61-38-31-56(32-39-61)68(72)82-65-42-41-63(52-64(65)69(73)80-49-22-15-14-21-48-79-66(70)5-2)81-67(71)55-29-36-60(37-30-55)76-45-18-11-10-16-43-74-6-3/h5-6,25-42,50-52H,2-4,7-22,43-49H2,1H3. The summed E-state index contributed by atoms with van der Waals surface area (Å²) in [5.74, 6) is 6.86. The van der Waals surface area contributed by atoms with Gasteiger partial charge in [-0.15, -0.1) is 0 Å². The number of carbonyl (C=O) groups excluding carboxylic acids is 4. The molecule has 0 aliphatic carbocycles. The largest absolute Gasteiger partial charge is 0.502 e. The van der Waals surface area contributed by atoms with Crippen LogP contribution in [-0.2, 0) is 19.0 Å². The van der Waals surface area contributed by atoms with Crippen molar-refractivity contribution in [3.8, 4) is 46.3 Å². The smallest absolute Gasteiger partial charge is 0.343 e. The molecule has 6 aromatic rings. The lowest BCUT2D eigenvalue weighted by atomic mass is 10.1. The van der Waals surface area contributed by atoms with Crippen molar-refractivity contribution in [1.29, 1.82) is 0 Å². The Hall–Kier alpha value is -8.50. The molecule has 0 radical (unpaired) electrons. The summed E-state index contributed by atoms with van der Waals surface area (Å²) in [5, 5.41) is 2.27. The number of benzene rings is 6. The molecule has 13 nitrogen and oxygen atoms in total. The monoisotopic (exact) mass is 1110 g/mol. The number of ether oxygens (including phenoxy) is 9. The van der Waals surface area contributed by atoms with Gasteiger partial charge in [-0.1, -0.05) is 69.7 Å². The van der Waals surface area contributed by atoms with Crippen LogP contribution in [-0.4, -0.2) is 70.1 Å². The number of carbonyl (C=O) groups is 4. The van der Waals surface area contributed by atoms with Crippen LogP contribution in [0.5, 0.6) is 34.5 Å². The summed E-state index contributed by atoms with van der Waals surface area (Å²) in [5.41, 5.74) is 2.27. The lowest BCUT2D eigenvalue weighted by Gasteiger charge is -2.13. The molecule has 0 atom stereocenters. The molecule has 0 saturated carbocycles. The number of hydrogen-bond acceptors (Lipinski definition) is 13. The molecule has 0 aliphatic rings. The number of rotatable bonds is 38. The molecule has 82 heavy (non-hydrogen) atoms. The average molecular weight is 1120 g/mol. The van der Waals surface area contributed by atoms with Crippen molar-refractivity contribution in [3.05, 3.63) is 181 Å². The van der Waals surface area contributed by atoms with Gasteiger partial charge in [0.2, 0.25) is 0 Å². The molecule has 0 spiro atoms. The number of hydrogen-bond donors (Lipinski definition) is 0. The minimum absolute atomic E-state index is 0.0462. The van der Waals surface area contributed by atoms with E-state index >= 15 is 0 Å². The summed E-state index contributed by atoms with van der Waals surface area (Å²) >= 11 is 0. The van der Waals surface area contributed by atoms with Gasteiger partial charge in [-0.05, 0) is 210 Å². The quantitative estimate of drug-likeness (QED) is 0.00904. The van der Waals surface area contributed by atoms with Crippen LogP contribution in [0.4, 0.5) is 0 Å². The van der Waals surface area contributed by atoms with Crippen LogP contribution in [0.1, 0.15) is 158 Å². The van der Waals surface area contributed by atoms with Gasteiger partial charge in [0.25, 0.3) is 0 Å². The third-order valence-electron chi connectivity index (χ3n) is 13.1. The predicted octanol–water partition coefficient (Wildman–Crippen LogP) is 15.6. The molecule has 0 aromatic heterocycles. The van der Waals surface area contributed by atoms with E-state index in [1.54, 1.807) is 48.5 Å². The minimum Gasteiger partial charge on any atom is -0.502 e. The second kappa shape index (κ2) is 36.7. The topological polar surface area (TPSA) is 151 Å². The Bertz CT molecular complexity index is 2990. The molecule has 0 N–H and O–H groups in total. The molecule has 0 amide bonds. The number of unbranched alkanes of at least 4 members (excludes halogenated alkanes) is 13. The maximum atomic E-state index is 13.5. The van der Waals surface area contributed by atoms with Crippen LogP contribution < -0.4 is 28.4 Å². The second-order valence-electron chi connectivity index (χ2n) is 19.6. The van der Waals surface area contributed by atoms with E-state index in [1.807, 2.05) is 36.4 Å². The van der Waals surface area contributed by atoms with E-state index in [4.69, 9.17) is 42.6 Å². The van der Waals surface area contributed by atoms with Gasteiger partial charge in [0.15, 0.2) is 0 Å². The highest BCUT2D eigenvalue weighted by Crippen LogP contribution is 2.29. The Morgan fingerprint density at radius 1 is 0.402 bits per heavy atom. The number of fused-ring (bicyclic) bond motifs is 1. The summed E-state index contributed by atoms with van der Waals surface area (Å²) in [7, 11) is 0. The molecule has 6 aromatic carbocycles. The van der Waals surface area contributed by atoms with Crippen LogP contribution in [0.25, 0.3) is 10.8 Å². The Balaban J connectivity index is 0.905. The van der Waals surface area contributed by atoms with E-state index in [1.165, 1.54) is 50.1 Å². The summed E-state index contributed by atoms with van der Waals surface area (Å²) in [6.07, 6.45) is 18.8. The van der Waals surface area contributed by atoms with E-state index in [2.05, 4.69) is 56.2 Å². The Morgan fingerprint density at radius 3 is 1.40 bits per heavy atom. The van der Waals surface area contributed by atoms with Gasteiger partial charge in [-0.3, -0.25) is 0 Å². The van der Waals surface area contributed by atoms with Crippen molar-refractivity contribution in [3.63, 3.8) is 0 Å². The van der Waals surface area contributed by atoms with Crippen molar-refractivity contribution in [2.24, 2.45) is 0 Å². The number of esters is 4. The van der Waals surface area contributed by atoms with Crippen molar-refractivity contribution >= 4 is 34.6 Å². The molecule has 0 bridgehead atoms. The zero-order chi connectivity index (χ0) is 57.8. The molecule has 0 unspecified atom stereocenters. The summed E-state index contributed by atoms with van der Waals surface area (Å²) in [6.45, 7) is 12.6. The van der Waals surface area contributed by atoms with Gasteiger partial charge in [-0.25, -0.2) is 19.2 Å². The maximum Gasteiger partial charge on any atom is 0.343 e. The lowest BCUT2D eigenvalue weighted by Crippen LogP contribution is -2.15. The van der Waals surface area contributed by atoms with Gasteiger partial charge >= 0.3 is 23.9 Å². The summed E-state index contributed by atoms with van der Waals surface area (Å²) in [4.78, 5) is 51.5. The van der Waals surface area contributed by atoms with Gasteiger partial charge in [0.1, 0.15) is 40.1 Å². The highest BCUT2D eigenvalue weighted by Gasteiger charge is 2.21. The summed E-state index contributed by atoms with van der Waals surface area (Å²) < 4.78 is 50.9. The molecule has 0 saturated heterocycles. The lowest BCUT2D eigenvalue weighted by molar-refractivity contribution is -0.137. The van der Waals surface area contributed by atoms with E-state index in [-0.39, 0.29) is 41.4 Å². The fraction of sp³-hybridized carbons (Fsp3) is 0.362. The molecular formula is C69H78O13. The third-order valence-corrected chi connectivity index (χ3v) is 13.1. The zero-order valence-corrected chi connectivity index (χ0v) is 47.5. The van der Waals surface area contributed by atoms with Crippen LogP contribution >= 0.6 is 0 Å². The highest BCUT2D eigenvalue weighted by molar-refractivity contribution is 5.97. The first kappa shape index (κ1) is 62.7. The van der Waals surface area contributed by atoms with Gasteiger partial charge in [0, 0.05) is 17.2 Å². The van der Waals surface area contributed by atoms with Gasteiger partial charge < -0.3 is 42.6 Å². The Labute approximate surface area is 483 Å². The predicted molar refractivity (Wildman–Crippen MR) is 319 cm³/mol. The fourth-order valence-corrected chi connectivity index (χ4v) is 8.47. The van der Waals surface area contributed by atoms with Crippen LogP contribution in [0, 0.1) is 11.8 Å². The normalized spacial score (nSPS) is 10.6. The first-order valence-electron chi connectivity index (χ1n) is 28.9. The molecule has 432 valence electrons. The molecule has 6 rings (SSSR count). The fourth-order valence-electron chi connectivity index (χ4n) is 8.47. The van der Waals surface area contributed by atoms with Crippen molar-refractivity contribution < 1.29 is 61.8 Å². The zero-order valence-electron chi connectivity index (χ0n) is 47.5. The van der Waals surface area contributed by atoms with E-state index in [0.717, 1.165) is 110 Å². The minimum atomic E-state index is -0.766.